The van der Waals surface area contributed by atoms with E-state index in [1.807, 2.05) is 6.61 Å². The summed E-state index contributed by atoms with van der Waals surface area (Å²) in [5.41, 5.74) is 0. The van der Waals surface area contributed by atoms with Gasteiger partial charge in [-0.1, -0.05) is 0 Å². The van der Waals surface area contributed by atoms with E-state index >= 15 is 0 Å². The highest BCUT2D eigenvalue weighted by Crippen LogP contribution is 2.07. The summed E-state index contributed by atoms with van der Waals surface area (Å²) >= 11 is 0. The largest absolute Gasteiger partial charge is 0.379 e. The van der Waals surface area contributed by atoms with Crippen LogP contribution in [-0.2, 0) is 9.47 Å². The molecule has 2 rings (SSSR count). The van der Waals surface area contributed by atoms with E-state index in [-0.39, 0.29) is 0 Å². The van der Waals surface area contributed by atoms with E-state index in [0.717, 1.165) is 46.0 Å². The Morgan fingerprint density at radius 3 is 2.33 bits per heavy atom. The Bertz CT molecular complexity index is 115. The summed E-state index contributed by atoms with van der Waals surface area (Å²) in [6.45, 7) is 8.38. The highest BCUT2D eigenvalue weighted by Gasteiger charge is 2.20. The first-order valence-electron chi connectivity index (χ1n) is 4.47. The lowest BCUT2D eigenvalue weighted by Gasteiger charge is -2.38. The van der Waals surface area contributed by atoms with Crippen LogP contribution in [0.4, 0.5) is 0 Å². The summed E-state index contributed by atoms with van der Waals surface area (Å²) in [7, 11) is 0. The lowest BCUT2D eigenvalue weighted by atomic mass is 10.4. The number of morpholine rings is 2. The van der Waals surface area contributed by atoms with Crippen molar-refractivity contribution in [1.82, 2.24) is 10.0 Å². The van der Waals surface area contributed by atoms with Gasteiger partial charge in [-0.3, -0.25) is 0 Å². The molecule has 0 atom stereocenters. The molecule has 0 aliphatic carbocycles. The molecule has 0 aromatic rings. The van der Waals surface area contributed by atoms with Crippen molar-refractivity contribution in [2.24, 2.45) is 0 Å². The molecule has 0 amide bonds. The molecule has 69 valence electrons. The minimum absolute atomic E-state index is 0.817. The molecule has 1 radical (unpaired) electrons. The summed E-state index contributed by atoms with van der Waals surface area (Å²) in [6.07, 6.45) is 0. The molecule has 12 heavy (non-hydrogen) atoms. The molecule has 0 bridgehead atoms. The third-order valence-electron chi connectivity index (χ3n) is 2.26. The Labute approximate surface area is 73.0 Å². The molecule has 2 heterocycles. The van der Waals surface area contributed by atoms with Crippen molar-refractivity contribution in [2.45, 2.75) is 0 Å². The van der Waals surface area contributed by atoms with Gasteiger partial charge < -0.3 is 9.47 Å². The van der Waals surface area contributed by atoms with Crippen molar-refractivity contribution in [2.75, 3.05) is 46.0 Å². The van der Waals surface area contributed by atoms with Crippen molar-refractivity contribution >= 4 is 0 Å². The topological polar surface area (TPSA) is 24.9 Å². The molecule has 2 aliphatic heterocycles. The van der Waals surface area contributed by atoms with Gasteiger partial charge in [0.25, 0.3) is 0 Å². The molecule has 0 aromatic heterocycles. The van der Waals surface area contributed by atoms with Gasteiger partial charge in [0, 0.05) is 26.2 Å². The maximum atomic E-state index is 5.28. The van der Waals surface area contributed by atoms with E-state index < -0.39 is 0 Å². The lowest BCUT2D eigenvalue weighted by Crippen LogP contribution is -2.51. The van der Waals surface area contributed by atoms with Crippen LogP contribution in [0.3, 0.4) is 0 Å². The molecular weight excluding hydrogens is 156 g/mol. The molecule has 4 nitrogen and oxygen atoms in total. The highest BCUT2D eigenvalue weighted by atomic mass is 16.5. The quantitative estimate of drug-likeness (QED) is 0.542. The highest BCUT2D eigenvalue weighted by molar-refractivity contribution is 4.69. The summed E-state index contributed by atoms with van der Waals surface area (Å²) < 4.78 is 10.4. The van der Waals surface area contributed by atoms with E-state index in [0.29, 0.717) is 0 Å². The molecule has 0 saturated carbocycles. The zero-order valence-electron chi connectivity index (χ0n) is 7.24. The third-order valence-corrected chi connectivity index (χ3v) is 2.26. The van der Waals surface area contributed by atoms with Crippen molar-refractivity contribution in [3.63, 3.8) is 0 Å². The van der Waals surface area contributed by atoms with E-state index in [4.69, 9.17) is 9.47 Å². The summed E-state index contributed by atoms with van der Waals surface area (Å²) in [6, 6.07) is 0. The third kappa shape index (κ3) is 1.95. The zero-order valence-corrected chi connectivity index (χ0v) is 7.24. The minimum atomic E-state index is 0.817. The van der Waals surface area contributed by atoms with Gasteiger partial charge in [0.05, 0.1) is 26.4 Å². The Morgan fingerprint density at radius 1 is 0.917 bits per heavy atom. The molecule has 0 aromatic carbocycles. The SMILES string of the molecule is [CH]1CN(N2CCOCC2)CCO1. The number of hydrogen-bond acceptors (Lipinski definition) is 4. The van der Waals surface area contributed by atoms with Crippen LogP contribution in [0, 0.1) is 6.61 Å². The summed E-state index contributed by atoms with van der Waals surface area (Å²) in [4.78, 5) is 0. The van der Waals surface area contributed by atoms with Crippen molar-refractivity contribution in [3.8, 4) is 0 Å². The first-order chi connectivity index (χ1) is 5.97. The van der Waals surface area contributed by atoms with Crippen molar-refractivity contribution < 1.29 is 9.47 Å². The Kier molecular flexibility index (Phi) is 2.94. The second-order valence-corrected chi connectivity index (χ2v) is 3.02. The Hall–Kier alpha value is -0.160. The molecule has 2 fully saturated rings. The van der Waals surface area contributed by atoms with Gasteiger partial charge in [0.1, 0.15) is 0 Å². The summed E-state index contributed by atoms with van der Waals surface area (Å²) in [5.74, 6) is 0. The van der Waals surface area contributed by atoms with E-state index in [1.165, 1.54) is 0 Å². The number of ether oxygens (including phenoxy) is 2. The zero-order chi connectivity index (χ0) is 8.23. The van der Waals surface area contributed by atoms with Gasteiger partial charge in [-0.25, -0.2) is 10.0 Å². The van der Waals surface area contributed by atoms with Crippen LogP contribution in [0.15, 0.2) is 0 Å². The van der Waals surface area contributed by atoms with Gasteiger partial charge in [-0.15, -0.1) is 0 Å². The second kappa shape index (κ2) is 4.18. The van der Waals surface area contributed by atoms with Crippen LogP contribution < -0.4 is 0 Å². The fourth-order valence-electron chi connectivity index (χ4n) is 1.56. The van der Waals surface area contributed by atoms with Crippen LogP contribution in [0.25, 0.3) is 0 Å². The van der Waals surface area contributed by atoms with Crippen LogP contribution in [0.2, 0.25) is 0 Å². The van der Waals surface area contributed by atoms with Gasteiger partial charge in [0.2, 0.25) is 0 Å². The van der Waals surface area contributed by atoms with E-state index in [9.17, 15) is 0 Å². The summed E-state index contributed by atoms with van der Waals surface area (Å²) in [5, 5.41) is 4.68. The number of rotatable bonds is 1. The molecule has 0 spiro atoms. The Morgan fingerprint density at radius 2 is 1.67 bits per heavy atom. The van der Waals surface area contributed by atoms with Gasteiger partial charge in [-0.05, 0) is 0 Å². The molecular formula is C8H15N2O2. The number of hydrazine groups is 1. The van der Waals surface area contributed by atoms with Crippen LogP contribution in [-0.4, -0.2) is 56.0 Å². The predicted octanol–water partition coefficient (Wildman–Crippen LogP) is -0.272. The molecule has 2 saturated heterocycles. The van der Waals surface area contributed by atoms with Crippen molar-refractivity contribution in [1.29, 1.82) is 0 Å². The van der Waals surface area contributed by atoms with Crippen LogP contribution in [0.1, 0.15) is 0 Å². The molecule has 2 aliphatic rings. The maximum Gasteiger partial charge on any atom is 0.0991 e. The number of nitrogens with zero attached hydrogens (tertiary/aromatic N) is 2. The fraction of sp³-hybridized carbons (Fsp3) is 0.875. The molecule has 0 unspecified atom stereocenters. The van der Waals surface area contributed by atoms with E-state index in [2.05, 4.69) is 10.0 Å². The van der Waals surface area contributed by atoms with Crippen LogP contribution >= 0.6 is 0 Å². The second-order valence-electron chi connectivity index (χ2n) is 3.02. The van der Waals surface area contributed by atoms with E-state index in [1.54, 1.807) is 0 Å². The molecule has 4 heteroatoms. The fourth-order valence-corrected chi connectivity index (χ4v) is 1.56. The van der Waals surface area contributed by atoms with Gasteiger partial charge in [-0.2, -0.15) is 0 Å². The first-order valence-corrected chi connectivity index (χ1v) is 4.47. The Balaban J connectivity index is 1.80. The van der Waals surface area contributed by atoms with Gasteiger partial charge >= 0.3 is 0 Å². The monoisotopic (exact) mass is 171 g/mol. The van der Waals surface area contributed by atoms with Gasteiger partial charge in [0.15, 0.2) is 0 Å². The standard InChI is InChI=1S/C8H15N2O2/c1-5-11-6-2-9(1)10-3-7-12-8-4-10/h5H,1-4,6-8H2. The predicted molar refractivity (Wildman–Crippen MR) is 44.2 cm³/mol. The average Bonchev–Trinajstić information content (AvgIpc) is 2.21. The van der Waals surface area contributed by atoms with Crippen LogP contribution in [0.5, 0.6) is 0 Å². The van der Waals surface area contributed by atoms with Crippen molar-refractivity contribution in [3.05, 3.63) is 6.61 Å². The lowest BCUT2D eigenvalue weighted by molar-refractivity contribution is -0.114. The number of hydrogen-bond donors (Lipinski definition) is 0. The minimum Gasteiger partial charge on any atom is -0.379 e. The first kappa shape index (κ1) is 8.44. The average molecular weight is 171 g/mol. The molecule has 0 N–H and O–H groups in total. The normalized spacial score (nSPS) is 29.0. The smallest absolute Gasteiger partial charge is 0.0991 e. The maximum absolute atomic E-state index is 5.28.